The van der Waals surface area contributed by atoms with Crippen LogP contribution in [0.1, 0.15) is 42.7 Å². The lowest BCUT2D eigenvalue weighted by Gasteiger charge is -2.39. The van der Waals surface area contributed by atoms with Gasteiger partial charge in [-0.2, -0.15) is 0 Å². The molecule has 0 spiro atoms. The van der Waals surface area contributed by atoms with Crippen molar-refractivity contribution in [3.8, 4) is 5.75 Å². The number of aliphatic hydroxyl groups excluding tert-OH is 2. The van der Waals surface area contributed by atoms with Crippen LogP contribution in [0, 0.1) is 5.41 Å². The van der Waals surface area contributed by atoms with Crippen LogP contribution in [0.2, 0.25) is 5.15 Å². The van der Waals surface area contributed by atoms with E-state index in [1.807, 2.05) is 24.3 Å². The molecular weight excluding hydrogens is 636 g/mol. The number of carbonyl (C=O) groups is 1. The van der Waals surface area contributed by atoms with Gasteiger partial charge in [0.25, 0.3) is 5.91 Å². The van der Waals surface area contributed by atoms with E-state index in [2.05, 4.69) is 25.5 Å². The number of nitrogens with one attached hydrogen (secondary N) is 3. The molecular formula is C30H45ClN8O8. The number of hydrogen-bond donors (Lipinski definition) is 7. The highest BCUT2D eigenvalue weighted by Crippen LogP contribution is 2.20. The summed E-state index contributed by atoms with van der Waals surface area (Å²) in [6.45, 7) is 6.19. The smallest absolute Gasteiger partial charge is 0.280 e. The predicted molar refractivity (Wildman–Crippen MR) is 173 cm³/mol. The summed E-state index contributed by atoms with van der Waals surface area (Å²) in [5, 5.41) is 33.9. The lowest BCUT2D eigenvalue weighted by Crippen LogP contribution is -2.54. The van der Waals surface area contributed by atoms with Crippen molar-refractivity contribution in [1.29, 1.82) is 5.41 Å². The van der Waals surface area contributed by atoms with Gasteiger partial charge in [0.05, 0.1) is 13.2 Å². The zero-order valence-corrected chi connectivity index (χ0v) is 27.3. The lowest BCUT2D eigenvalue weighted by atomic mass is 10.1. The second kappa shape index (κ2) is 17.7. The summed E-state index contributed by atoms with van der Waals surface area (Å²) in [5.74, 6) is -0.447. The Bertz CT molecular complexity index is 1300. The van der Waals surface area contributed by atoms with E-state index in [4.69, 9.17) is 52.2 Å². The monoisotopic (exact) mass is 680 g/mol. The molecule has 4 rings (SSSR count). The fourth-order valence-electron chi connectivity index (χ4n) is 5.07. The number of nitrogens with zero attached hydrogens (tertiary/aromatic N) is 3. The highest BCUT2D eigenvalue weighted by atomic mass is 35.5. The van der Waals surface area contributed by atoms with Crippen molar-refractivity contribution < 1.29 is 38.7 Å². The summed E-state index contributed by atoms with van der Waals surface area (Å²) in [5.41, 5.74) is 12.1. The van der Waals surface area contributed by atoms with Crippen LogP contribution in [0.25, 0.3) is 0 Å². The number of hydrogen-bond acceptors (Lipinski definition) is 14. The number of aryl methyl sites for hydroxylation is 1. The van der Waals surface area contributed by atoms with Gasteiger partial charge in [0, 0.05) is 26.2 Å². The maximum Gasteiger partial charge on any atom is 0.280 e. The van der Waals surface area contributed by atoms with Gasteiger partial charge in [0.15, 0.2) is 41.0 Å². The molecule has 47 heavy (non-hydrogen) atoms. The molecule has 1 aromatic heterocycles. The Balaban J connectivity index is 1.17. The Morgan fingerprint density at radius 3 is 2.26 bits per heavy atom. The number of ether oxygens (including phenoxy) is 5. The molecule has 9 N–H and O–H groups in total. The average molecular weight is 681 g/mol. The van der Waals surface area contributed by atoms with E-state index in [1.165, 1.54) is 0 Å². The standard InChI is InChI=1S/C30H45ClN8O8/c1-17-44-15-21(40)23(46-17)13-39(14-24-22(41)16-45-18(2)47-24)11-12-43-20-8-6-19(7-9-20)5-3-4-10-35-30(34)38-29(42)25-27(32)37-28(33)26(31)36-25/h6-9,17-18,21-24,40-41H,3-5,10-16H2,1-2H3,(H4,32,33,37)(H3,34,35,38,42)/t17-,18-,21-,22-,23+,24+/m1/s1. The second-order valence-electron chi connectivity index (χ2n) is 11.4. The average Bonchev–Trinajstić information content (AvgIpc) is 3.03. The summed E-state index contributed by atoms with van der Waals surface area (Å²) in [4.78, 5) is 22.0. The van der Waals surface area contributed by atoms with Crippen molar-refractivity contribution >= 4 is 35.1 Å². The number of nitrogen functional groups attached to an aromatic ring is 2. The van der Waals surface area contributed by atoms with Gasteiger partial charge in [-0.1, -0.05) is 23.7 Å². The molecule has 17 heteroatoms. The first-order valence-corrected chi connectivity index (χ1v) is 15.9. The quantitative estimate of drug-likeness (QED) is 0.0818. The number of anilines is 2. The predicted octanol–water partition coefficient (Wildman–Crippen LogP) is 0.497. The Hall–Kier alpha value is -3.35. The number of aliphatic hydroxyl groups is 2. The first kappa shape index (κ1) is 36.5. The maximum absolute atomic E-state index is 12.3. The van der Waals surface area contributed by atoms with Crippen LogP contribution in [-0.2, 0) is 25.4 Å². The summed E-state index contributed by atoms with van der Waals surface area (Å²) < 4.78 is 28.4. The number of carbonyl (C=O) groups excluding carboxylic acids is 1. The molecule has 0 radical (unpaired) electrons. The van der Waals surface area contributed by atoms with Crippen molar-refractivity contribution in [3.63, 3.8) is 0 Å². The number of rotatable bonds is 14. The molecule has 0 bridgehead atoms. The van der Waals surface area contributed by atoms with Crippen molar-refractivity contribution in [2.45, 2.75) is 70.1 Å². The molecule has 16 nitrogen and oxygen atoms in total. The fourth-order valence-corrected chi connectivity index (χ4v) is 5.20. The Morgan fingerprint density at radius 2 is 1.64 bits per heavy atom. The van der Waals surface area contributed by atoms with Gasteiger partial charge in [-0.25, -0.2) is 9.97 Å². The molecule has 6 atom stereocenters. The zero-order valence-electron chi connectivity index (χ0n) is 26.6. The number of nitrogens with two attached hydrogens (primary N) is 2. The maximum atomic E-state index is 12.3. The summed E-state index contributed by atoms with van der Waals surface area (Å²) in [6, 6.07) is 7.85. The van der Waals surface area contributed by atoms with Gasteiger partial charge in [-0.05, 0) is 50.8 Å². The molecule has 0 saturated carbocycles. The Kier molecular flexibility index (Phi) is 13.7. The van der Waals surface area contributed by atoms with Crippen molar-refractivity contribution in [2.75, 3.05) is 57.5 Å². The van der Waals surface area contributed by atoms with E-state index in [0.717, 1.165) is 30.6 Å². The van der Waals surface area contributed by atoms with Crippen molar-refractivity contribution in [1.82, 2.24) is 25.5 Å². The summed E-state index contributed by atoms with van der Waals surface area (Å²) in [7, 11) is 0. The van der Waals surface area contributed by atoms with Crippen LogP contribution in [-0.4, -0.2) is 120 Å². The topological polar surface area (TPSA) is 233 Å². The van der Waals surface area contributed by atoms with Gasteiger partial charge >= 0.3 is 0 Å². The van der Waals surface area contributed by atoms with E-state index in [0.29, 0.717) is 32.8 Å². The molecule has 0 unspecified atom stereocenters. The molecule has 260 valence electrons. The van der Waals surface area contributed by atoms with Crippen LogP contribution in [0.5, 0.6) is 5.75 Å². The van der Waals surface area contributed by atoms with Gasteiger partial charge in [-0.15, -0.1) is 0 Å². The third-order valence-electron chi connectivity index (χ3n) is 7.62. The van der Waals surface area contributed by atoms with E-state index < -0.39 is 42.9 Å². The first-order chi connectivity index (χ1) is 22.5. The first-order valence-electron chi connectivity index (χ1n) is 15.5. The van der Waals surface area contributed by atoms with E-state index in [9.17, 15) is 15.0 Å². The normalized spacial score (nSPS) is 24.6. The van der Waals surface area contributed by atoms with Crippen LogP contribution in [0.4, 0.5) is 11.6 Å². The molecule has 3 heterocycles. The molecule has 2 fully saturated rings. The minimum Gasteiger partial charge on any atom is -0.492 e. The van der Waals surface area contributed by atoms with E-state index in [-0.39, 0.29) is 41.7 Å². The number of amides is 1. The van der Waals surface area contributed by atoms with Crippen LogP contribution in [0.3, 0.4) is 0 Å². The lowest BCUT2D eigenvalue weighted by molar-refractivity contribution is -0.257. The third kappa shape index (κ3) is 11.4. The minimum atomic E-state index is -0.763. The van der Waals surface area contributed by atoms with E-state index >= 15 is 0 Å². The third-order valence-corrected chi connectivity index (χ3v) is 7.90. The van der Waals surface area contributed by atoms with Gasteiger partial charge < -0.3 is 50.7 Å². The number of benzene rings is 1. The van der Waals surface area contributed by atoms with Crippen molar-refractivity contribution in [2.24, 2.45) is 0 Å². The number of guanidine groups is 1. The molecule has 1 aromatic carbocycles. The van der Waals surface area contributed by atoms with Crippen molar-refractivity contribution in [3.05, 3.63) is 40.7 Å². The van der Waals surface area contributed by atoms with Crippen LogP contribution in [0.15, 0.2) is 24.3 Å². The van der Waals surface area contributed by atoms with Crippen LogP contribution < -0.4 is 26.8 Å². The summed E-state index contributed by atoms with van der Waals surface area (Å²) >= 11 is 5.81. The Labute approximate surface area is 278 Å². The number of unbranched alkanes of at least 4 members (excludes halogenated alkanes) is 1. The molecule has 2 aliphatic rings. The van der Waals surface area contributed by atoms with Gasteiger partial charge in [-0.3, -0.25) is 20.4 Å². The molecule has 2 aromatic rings. The van der Waals surface area contributed by atoms with E-state index in [1.54, 1.807) is 13.8 Å². The highest BCUT2D eigenvalue weighted by molar-refractivity contribution is 6.31. The number of aromatic nitrogens is 2. The highest BCUT2D eigenvalue weighted by Gasteiger charge is 2.34. The van der Waals surface area contributed by atoms with Gasteiger partial charge in [0.2, 0.25) is 0 Å². The summed E-state index contributed by atoms with van der Waals surface area (Å²) in [6.07, 6.45) is -0.820. The fraction of sp³-hybridized carbons (Fsp3) is 0.600. The minimum absolute atomic E-state index is 0.0821. The molecule has 0 aliphatic carbocycles. The molecule has 2 aliphatic heterocycles. The largest absolute Gasteiger partial charge is 0.492 e. The molecule has 2 saturated heterocycles. The zero-order chi connectivity index (χ0) is 33.9. The second-order valence-corrected chi connectivity index (χ2v) is 11.7. The Morgan fingerprint density at radius 1 is 1.02 bits per heavy atom. The van der Waals surface area contributed by atoms with Gasteiger partial charge in [0.1, 0.15) is 36.8 Å². The SMILES string of the molecule is C[C@@H]1OC[C@@H](O)[C@H](CN(CCOc2ccc(CCCCNC(=N)NC(=O)c3nc(Cl)c(N)nc3N)cc2)C[C@@H]2O[C@H](C)OC[C@H]2O)O1. The number of halogens is 1. The molecule has 1 amide bonds. The van der Waals surface area contributed by atoms with Crippen LogP contribution >= 0.6 is 11.6 Å².